The van der Waals surface area contributed by atoms with E-state index in [2.05, 4.69) is 5.32 Å². The minimum Gasteiger partial charge on any atom is -0.382 e. The second kappa shape index (κ2) is 6.97. The Balaban J connectivity index is 2.34. The van der Waals surface area contributed by atoms with Gasteiger partial charge in [0.25, 0.3) is 5.91 Å². The monoisotopic (exact) mass is 258 g/mol. The van der Waals surface area contributed by atoms with Crippen LogP contribution in [0.4, 0.5) is 5.00 Å². The molecule has 1 N–H and O–H groups in total. The van der Waals surface area contributed by atoms with Crippen molar-refractivity contribution in [2.45, 2.75) is 13.3 Å². The van der Waals surface area contributed by atoms with E-state index in [0.29, 0.717) is 24.6 Å². The lowest BCUT2D eigenvalue weighted by molar-refractivity contribution is -0.380. The van der Waals surface area contributed by atoms with Crippen molar-refractivity contribution in [3.63, 3.8) is 0 Å². The fraction of sp³-hybridized carbons (Fsp3) is 0.500. The number of rotatable bonds is 7. The number of nitro groups is 1. The topological polar surface area (TPSA) is 81.5 Å². The Morgan fingerprint density at radius 2 is 2.35 bits per heavy atom. The molecule has 0 radical (unpaired) electrons. The summed E-state index contributed by atoms with van der Waals surface area (Å²) in [6, 6.07) is 2.79. The highest BCUT2D eigenvalue weighted by Gasteiger charge is 2.14. The Bertz CT molecular complexity index is 391. The van der Waals surface area contributed by atoms with Crippen LogP contribution in [0.3, 0.4) is 0 Å². The second-order valence-corrected chi connectivity index (χ2v) is 4.26. The van der Waals surface area contributed by atoms with Crippen LogP contribution < -0.4 is 5.32 Å². The van der Waals surface area contributed by atoms with Crippen molar-refractivity contribution >= 4 is 22.2 Å². The van der Waals surface area contributed by atoms with E-state index in [9.17, 15) is 14.9 Å². The summed E-state index contributed by atoms with van der Waals surface area (Å²) in [6.45, 7) is 3.67. The number of thiophene rings is 1. The maximum Gasteiger partial charge on any atom is 0.324 e. The first kappa shape index (κ1) is 13.6. The average Bonchev–Trinajstić information content (AvgIpc) is 2.78. The standard InChI is InChI=1S/C10H14N2O4S/c1-2-16-7-3-6-11-10(13)8-4-5-9(17-8)12(14)15/h4-5H,2-3,6-7H2,1H3,(H,11,13). The van der Waals surface area contributed by atoms with Crippen molar-refractivity contribution in [3.8, 4) is 0 Å². The summed E-state index contributed by atoms with van der Waals surface area (Å²) in [7, 11) is 0. The van der Waals surface area contributed by atoms with Gasteiger partial charge in [0.1, 0.15) is 0 Å². The van der Waals surface area contributed by atoms with Crippen LogP contribution in [0.1, 0.15) is 23.0 Å². The Morgan fingerprint density at radius 1 is 1.59 bits per heavy atom. The number of hydrogen-bond acceptors (Lipinski definition) is 5. The fourth-order valence-corrected chi connectivity index (χ4v) is 1.89. The molecule has 6 nitrogen and oxygen atoms in total. The third kappa shape index (κ3) is 4.49. The van der Waals surface area contributed by atoms with E-state index in [-0.39, 0.29) is 10.9 Å². The summed E-state index contributed by atoms with van der Waals surface area (Å²) in [5.74, 6) is -0.278. The number of nitrogens with one attached hydrogen (secondary N) is 1. The van der Waals surface area contributed by atoms with Gasteiger partial charge in [-0.1, -0.05) is 11.3 Å². The summed E-state index contributed by atoms with van der Waals surface area (Å²) >= 11 is 0.875. The Labute approximate surface area is 103 Å². The van der Waals surface area contributed by atoms with Gasteiger partial charge < -0.3 is 10.1 Å². The van der Waals surface area contributed by atoms with Crippen molar-refractivity contribution in [2.24, 2.45) is 0 Å². The number of hydrogen-bond donors (Lipinski definition) is 1. The van der Waals surface area contributed by atoms with Gasteiger partial charge in [0.15, 0.2) is 0 Å². The van der Waals surface area contributed by atoms with Crippen molar-refractivity contribution in [1.82, 2.24) is 5.32 Å². The van der Waals surface area contributed by atoms with E-state index in [1.807, 2.05) is 6.92 Å². The van der Waals surface area contributed by atoms with Gasteiger partial charge in [-0.3, -0.25) is 14.9 Å². The molecule has 0 aromatic carbocycles. The molecule has 0 fully saturated rings. The summed E-state index contributed by atoms with van der Waals surface area (Å²) in [6.07, 6.45) is 0.729. The largest absolute Gasteiger partial charge is 0.382 e. The molecule has 7 heteroatoms. The maximum absolute atomic E-state index is 11.5. The van der Waals surface area contributed by atoms with Crippen LogP contribution in [0.2, 0.25) is 0 Å². The van der Waals surface area contributed by atoms with Crippen LogP contribution in [0.5, 0.6) is 0 Å². The highest BCUT2D eigenvalue weighted by molar-refractivity contribution is 7.17. The Morgan fingerprint density at radius 3 is 2.94 bits per heavy atom. The second-order valence-electron chi connectivity index (χ2n) is 3.20. The van der Waals surface area contributed by atoms with Crippen LogP contribution >= 0.6 is 11.3 Å². The lowest BCUT2D eigenvalue weighted by atomic mass is 10.4. The molecule has 0 atom stereocenters. The highest BCUT2D eigenvalue weighted by atomic mass is 32.1. The molecule has 0 unspecified atom stereocenters. The van der Waals surface area contributed by atoms with Gasteiger partial charge >= 0.3 is 5.00 Å². The van der Waals surface area contributed by atoms with Crippen molar-refractivity contribution in [1.29, 1.82) is 0 Å². The highest BCUT2D eigenvalue weighted by Crippen LogP contribution is 2.23. The predicted octanol–water partition coefficient (Wildman–Crippen LogP) is 1.81. The van der Waals surface area contributed by atoms with Crippen LogP contribution in [0.25, 0.3) is 0 Å². The van der Waals surface area contributed by atoms with Crippen molar-refractivity contribution in [3.05, 3.63) is 27.1 Å². The van der Waals surface area contributed by atoms with Gasteiger partial charge in [-0.05, 0) is 19.4 Å². The zero-order valence-corrected chi connectivity index (χ0v) is 10.3. The first-order chi connectivity index (χ1) is 8.15. The van der Waals surface area contributed by atoms with Crippen molar-refractivity contribution < 1.29 is 14.5 Å². The predicted molar refractivity (Wildman–Crippen MR) is 64.4 cm³/mol. The van der Waals surface area contributed by atoms with E-state index >= 15 is 0 Å². The lowest BCUT2D eigenvalue weighted by Gasteiger charge is -2.03. The van der Waals surface area contributed by atoms with Gasteiger partial charge in [0.2, 0.25) is 0 Å². The number of ether oxygens (including phenoxy) is 1. The molecule has 0 aliphatic heterocycles. The Hall–Kier alpha value is -1.47. The molecule has 1 rings (SSSR count). The zero-order chi connectivity index (χ0) is 12.7. The Kier molecular flexibility index (Phi) is 5.58. The fourth-order valence-electron chi connectivity index (χ4n) is 1.16. The molecule has 0 saturated heterocycles. The molecular formula is C10H14N2O4S. The number of amides is 1. The van der Waals surface area contributed by atoms with E-state index in [1.54, 1.807) is 0 Å². The smallest absolute Gasteiger partial charge is 0.324 e. The quantitative estimate of drug-likeness (QED) is 0.459. The summed E-state index contributed by atoms with van der Waals surface area (Å²) < 4.78 is 5.12. The molecule has 1 aromatic rings. The van der Waals surface area contributed by atoms with Crippen LogP contribution in [-0.4, -0.2) is 30.6 Å². The molecular weight excluding hydrogens is 244 g/mol. The van der Waals surface area contributed by atoms with Gasteiger partial charge in [0, 0.05) is 25.8 Å². The number of carbonyl (C=O) groups excluding carboxylic acids is 1. The summed E-state index contributed by atoms with van der Waals surface area (Å²) in [5.41, 5.74) is 0. The average molecular weight is 258 g/mol. The van der Waals surface area contributed by atoms with Gasteiger partial charge in [-0.25, -0.2) is 0 Å². The normalized spacial score (nSPS) is 10.2. The molecule has 0 aliphatic carbocycles. The van der Waals surface area contributed by atoms with Crippen LogP contribution in [-0.2, 0) is 4.74 Å². The van der Waals surface area contributed by atoms with E-state index in [4.69, 9.17) is 4.74 Å². The lowest BCUT2D eigenvalue weighted by Crippen LogP contribution is -2.24. The number of nitrogens with zero attached hydrogens (tertiary/aromatic N) is 1. The van der Waals surface area contributed by atoms with Gasteiger partial charge in [-0.15, -0.1) is 0 Å². The first-order valence-electron chi connectivity index (χ1n) is 5.25. The molecule has 94 valence electrons. The minimum absolute atomic E-state index is 0.0236. The van der Waals surface area contributed by atoms with E-state index in [1.165, 1.54) is 12.1 Å². The van der Waals surface area contributed by atoms with Crippen molar-refractivity contribution in [2.75, 3.05) is 19.8 Å². The first-order valence-corrected chi connectivity index (χ1v) is 6.07. The molecule has 0 bridgehead atoms. The summed E-state index contributed by atoms with van der Waals surface area (Å²) in [5, 5.41) is 13.1. The minimum atomic E-state index is -0.503. The van der Waals surface area contributed by atoms with Crippen LogP contribution in [0, 0.1) is 10.1 Å². The SMILES string of the molecule is CCOCCCNC(=O)c1ccc([N+](=O)[O-])s1. The van der Waals surface area contributed by atoms with Gasteiger partial charge in [-0.2, -0.15) is 0 Å². The van der Waals surface area contributed by atoms with Crippen LogP contribution in [0.15, 0.2) is 12.1 Å². The molecule has 0 spiro atoms. The maximum atomic E-state index is 11.5. The van der Waals surface area contributed by atoms with Gasteiger partial charge in [0.05, 0.1) is 9.80 Å². The van der Waals surface area contributed by atoms with E-state index in [0.717, 1.165) is 17.8 Å². The number of carbonyl (C=O) groups is 1. The van der Waals surface area contributed by atoms with E-state index < -0.39 is 4.92 Å². The third-order valence-corrected chi connectivity index (χ3v) is 2.99. The summed E-state index contributed by atoms with van der Waals surface area (Å²) in [4.78, 5) is 21.8. The molecule has 0 aliphatic rings. The molecule has 17 heavy (non-hydrogen) atoms. The zero-order valence-electron chi connectivity index (χ0n) is 9.47. The molecule has 0 saturated carbocycles. The molecule has 1 aromatic heterocycles. The molecule has 1 heterocycles. The molecule has 1 amide bonds. The third-order valence-electron chi connectivity index (χ3n) is 1.95.